The SMILES string of the molecule is CCN1CCCN(C(c2ccc(OC)cc2)c2nnnn2Cc2ccccc2)CC1. The molecule has 3 aromatic rings. The van der Waals surface area contributed by atoms with Crippen LogP contribution in [0.5, 0.6) is 5.75 Å². The Labute approximate surface area is 178 Å². The molecule has 1 saturated heterocycles. The van der Waals surface area contributed by atoms with E-state index >= 15 is 0 Å². The molecule has 0 spiro atoms. The third kappa shape index (κ3) is 4.68. The fraction of sp³-hybridized carbons (Fsp3) is 0.435. The van der Waals surface area contributed by atoms with Crippen LogP contribution in [-0.4, -0.2) is 69.8 Å². The maximum atomic E-state index is 5.37. The number of likely N-dealkylation sites (N-methyl/N-ethyl adjacent to an activating group) is 1. The number of nitrogens with zero attached hydrogens (tertiary/aromatic N) is 6. The summed E-state index contributed by atoms with van der Waals surface area (Å²) < 4.78 is 7.31. The van der Waals surface area contributed by atoms with E-state index in [2.05, 4.69) is 68.6 Å². The number of benzene rings is 2. The first-order chi connectivity index (χ1) is 14.8. The number of methoxy groups -OCH3 is 1. The lowest BCUT2D eigenvalue weighted by Crippen LogP contribution is -2.35. The summed E-state index contributed by atoms with van der Waals surface area (Å²) >= 11 is 0. The topological polar surface area (TPSA) is 59.3 Å². The second-order valence-electron chi connectivity index (χ2n) is 7.68. The fourth-order valence-electron chi connectivity index (χ4n) is 4.15. The van der Waals surface area contributed by atoms with E-state index in [9.17, 15) is 0 Å². The van der Waals surface area contributed by atoms with E-state index < -0.39 is 0 Å². The normalized spacial score (nSPS) is 16.9. The summed E-state index contributed by atoms with van der Waals surface area (Å²) in [7, 11) is 1.70. The maximum Gasteiger partial charge on any atom is 0.173 e. The number of aromatic nitrogens is 4. The van der Waals surface area contributed by atoms with Gasteiger partial charge in [0, 0.05) is 19.6 Å². The summed E-state index contributed by atoms with van der Waals surface area (Å²) in [6, 6.07) is 18.7. The van der Waals surface area contributed by atoms with Gasteiger partial charge in [-0.2, -0.15) is 0 Å². The third-order valence-electron chi connectivity index (χ3n) is 5.85. The smallest absolute Gasteiger partial charge is 0.173 e. The number of hydrogen-bond acceptors (Lipinski definition) is 6. The Hall–Kier alpha value is -2.77. The first kappa shape index (κ1) is 20.5. The molecule has 2 heterocycles. The Bertz CT molecular complexity index is 911. The molecule has 0 radical (unpaired) electrons. The Kier molecular flexibility index (Phi) is 6.71. The molecule has 1 aromatic heterocycles. The van der Waals surface area contributed by atoms with Gasteiger partial charge < -0.3 is 9.64 Å². The van der Waals surface area contributed by atoms with Gasteiger partial charge in [0.15, 0.2) is 5.82 Å². The molecule has 1 atom stereocenters. The molecular weight excluding hydrogens is 376 g/mol. The van der Waals surface area contributed by atoms with Crippen LogP contribution in [0.2, 0.25) is 0 Å². The number of tetrazole rings is 1. The average Bonchev–Trinajstić information content (AvgIpc) is 3.10. The molecule has 1 aliphatic rings. The summed E-state index contributed by atoms with van der Waals surface area (Å²) in [6.45, 7) is 8.18. The van der Waals surface area contributed by atoms with Crippen molar-refractivity contribution in [2.75, 3.05) is 39.8 Å². The molecule has 4 rings (SSSR count). The van der Waals surface area contributed by atoms with Crippen LogP contribution < -0.4 is 4.74 Å². The molecule has 0 bridgehead atoms. The highest BCUT2D eigenvalue weighted by molar-refractivity contribution is 5.32. The molecule has 1 aliphatic heterocycles. The highest BCUT2D eigenvalue weighted by Crippen LogP contribution is 2.29. The molecule has 1 unspecified atom stereocenters. The van der Waals surface area contributed by atoms with Gasteiger partial charge in [-0.1, -0.05) is 49.4 Å². The zero-order valence-corrected chi connectivity index (χ0v) is 17.8. The van der Waals surface area contributed by atoms with Crippen molar-refractivity contribution in [1.29, 1.82) is 0 Å². The molecule has 0 saturated carbocycles. The zero-order chi connectivity index (χ0) is 20.8. The van der Waals surface area contributed by atoms with Gasteiger partial charge >= 0.3 is 0 Å². The molecule has 7 heteroatoms. The molecule has 1 fully saturated rings. The molecule has 30 heavy (non-hydrogen) atoms. The van der Waals surface area contributed by atoms with Gasteiger partial charge in [0.1, 0.15) is 5.75 Å². The third-order valence-corrected chi connectivity index (χ3v) is 5.85. The van der Waals surface area contributed by atoms with Crippen molar-refractivity contribution in [3.63, 3.8) is 0 Å². The lowest BCUT2D eigenvalue weighted by atomic mass is 10.0. The van der Waals surface area contributed by atoms with Crippen LogP contribution in [0.25, 0.3) is 0 Å². The predicted molar refractivity (Wildman–Crippen MR) is 117 cm³/mol. The number of hydrogen-bond donors (Lipinski definition) is 0. The van der Waals surface area contributed by atoms with Crippen molar-refractivity contribution in [2.24, 2.45) is 0 Å². The molecule has 2 aromatic carbocycles. The van der Waals surface area contributed by atoms with E-state index in [1.807, 2.05) is 22.9 Å². The molecular formula is C23H30N6O. The van der Waals surface area contributed by atoms with E-state index in [4.69, 9.17) is 4.74 Å². The Morgan fingerprint density at radius 1 is 0.967 bits per heavy atom. The summed E-state index contributed by atoms with van der Waals surface area (Å²) in [4.78, 5) is 5.03. The van der Waals surface area contributed by atoms with Gasteiger partial charge in [-0.05, 0) is 53.2 Å². The van der Waals surface area contributed by atoms with Crippen LogP contribution in [-0.2, 0) is 6.54 Å². The largest absolute Gasteiger partial charge is 0.497 e. The van der Waals surface area contributed by atoms with Crippen LogP contribution in [0.3, 0.4) is 0 Å². The zero-order valence-electron chi connectivity index (χ0n) is 17.8. The minimum atomic E-state index is 0.00595. The van der Waals surface area contributed by atoms with Crippen LogP contribution in [0.4, 0.5) is 0 Å². The number of ether oxygens (including phenoxy) is 1. The van der Waals surface area contributed by atoms with Crippen molar-refractivity contribution in [2.45, 2.75) is 25.9 Å². The van der Waals surface area contributed by atoms with Crippen molar-refractivity contribution in [3.8, 4) is 5.75 Å². The minimum Gasteiger partial charge on any atom is -0.497 e. The highest BCUT2D eigenvalue weighted by Gasteiger charge is 2.29. The van der Waals surface area contributed by atoms with E-state index in [1.54, 1.807) is 7.11 Å². The van der Waals surface area contributed by atoms with E-state index in [0.29, 0.717) is 6.54 Å². The number of rotatable bonds is 7. The van der Waals surface area contributed by atoms with Crippen LogP contribution >= 0.6 is 0 Å². The quantitative estimate of drug-likeness (QED) is 0.601. The van der Waals surface area contributed by atoms with Gasteiger partial charge in [-0.25, -0.2) is 4.68 Å². The standard InChI is InChI=1S/C23H30N6O/c1-3-27-14-7-15-28(17-16-27)22(20-10-12-21(30-2)13-11-20)23-24-25-26-29(23)18-19-8-5-4-6-9-19/h4-6,8-13,22H,3,7,14-18H2,1-2H3. The van der Waals surface area contributed by atoms with Crippen molar-refractivity contribution >= 4 is 0 Å². The van der Waals surface area contributed by atoms with Crippen LogP contribution in [0.15, 0.2) is 54.6 Å². The van der Waals surface area contributed by atoms with Crippen LogP contribution in [0, 0.1) is 0 Å². The van der Waals surface area contributed by atoms with Gasteiger partial charge in [0.05, 0.1) is 19.7 Å². The Morgan fingerprint density at radius 3 is 2.50 bits per heavy atom. The van der Waals surface area contributed by atoms with E-state index in [-0.39, 0.29) is 6.04 Å². The Balaban J connectivity index is 1.68. The summed E-state index contributed by atoms with van der Waals surface area (Å²) in [5.74, 6) is 1.74. The minimum absolute atomic E-state index is 0.00595. The second-order valence-corrected chi connectivity index (χ2v) is 7.68. The monoisotopic (exact) mass is 406 g/mol. The fourth-order valence-corrected chi connectivity index (χ4v) is 4.15. The Morgan fingerprint density at radius 2 is 1.77 bits per heavy atom. The molecule has 0 aliphatic carbocycles. The first-order valence-corrected chi connectivity index (χ1v) is 10.7. The molecule has 0 N–H and O–H groups in total. The lowest BCUT2D eigenvalue weighted by molar-refractivity contribution is 0.215. The van der Waals surface area contributed by atoms with E-state index in [1.165, 1.54) is 11.1 Å². The average molecular weight is 407 g/mol. The van der Waals surface area contributed by atoms with E-state index in [0.717, 1.165) is 50.7 Å². The van der Waals surface area contributed by atoms with Gasteiger partial charge in [0.25, 0.3) is 0 Å². The van der Waals surface area contributed by atoms with Crippen molar-refractivity contribution in [3.05, 3.63) is 71.5 Å². The van der Waals surface area contributed by atoms with Gasteiger partial charge in [-0.3, -0.25) is 4.90 Å². The highest BCUT2D eigenvalue weighted by atomic mass is 16.5. The predicted octanol–water partition coefficient (Wildman–Crippen LogP) is 2.85. The maximum absolute atomic E-state index is 5.37. The molecule has 0 amide bonds. The van der Waals surface area contributed by atoms with Crippen LogP contribution in [0.1, 0.15) is 36.3 Å². The summed E-state index contributed by atoms with van der Waals surface area (Å²) in [5, 5.41) is 12.9. The summed E-state index contributed by atoms with van der Waals surface area (Å²) in [6.07, 6.45) is 1.14. The molecule has 158 valence electrons. The molecule has 7 nitrogen and oxygen atoms in total. The van der Waals surface area contributed by atoms with Gasteiger partial charge in [0.2, 0.25) is 0 Å². The second kappa shape index (κ2) is 9.82. The van der Waals surface area contributed by atoms with Gasteiger partial charge in [-0.15, -0.1) is 5.10 Å². The lowest BCUT2D eigenvalue weighted by Gasteiger charge is -2.30. The van der Waals surface area contributed by atoms with Crippen molar-refractivity contribution < 1.29 is 4.74 Å². The summed E-state index contributed by atoms with van der Waals surface area (Å²) in [5.41, 5.74) is 2.37. The van der Waals surface area contributed by atoms with Crippen molar-refractivity contribution in [1.82, 2.24) is 30.0 Å². The first-order valence-electron chi connectivity index (χ1n) is 10.7.